The first-order chi connectivity index (χ1) is 43.1. The average molecular weight is 1550 g/mol. The minimum atomic E-state index is -1.59. The molecule has 89 heavy (non-hydrogen) atoms. The monoisotopic (exact) mass is 1540 g/mol. The number of rotatable bonds is 18. The number of benzene rings is 12. The molecule has 0 aromatic heterocycles. The molecule has 0 atom stereocenters. The van der Waals surface area contributed by atoms with Crippen molar-refractivity contribution in [1.29, 1.82) is 0 Å². The number of para-hydroxylation sites is 6. The van der Waals surface area contributed by atoms with E-state index in [1.54, 1.807) is 0 Å². The van der Waals surface area contributed by atoms with Crippen LogP contribution in [-0.4, -0.2) is 0 Å². The van der Waals surface area contributed by atoms with Crippen LogP contribution in [-0.2, 0) is 21.1 Å². The van der Waals surface area contributed by atoms with Crippen LogP contribution in [0.3, 0.4) is 0 Å². The van der Waals surface area contributed by atoms with Crippen LogP contribution >= 0.6 is 103 Å². The molecule has 0 N–H and O–H groups in total. The molecule has 0 aliphatic carbocycles. The van der Waals surface area contributed by atoms with E-state index >= 15 is 0 Å². The van der Waals surface area contributed by atoms with Crippen molar-refractivity contribution >= 4 is 134 Å². The molecule has 0 unspecified atom stereocenters. The van der Waals surface area contributed by atoms with Gasteiger partial charge in [-0.2, -0.15) is 0 Å². The van der Waals surface area contributed by atoms with Gasteiger partial charge in [0.1, 0.15) is 34.5 Å². The molecule has 12 aromatic rings. The van der Waals surface area contributed by atoms with Crippen LogP contribution in [0.2, 0.25) is 30.1 Å². The van der Waals surface area contributed by atoms with Gasteiger partial charge in [-0.25, -0.2) is 0 Å². The van der Waals surface area contributed by atoms with Crippen molar-refractivity contribution in [3.63, 3.8) is 0 Å². The fourth-order valence-corrected chi connectivity index (χ4v) is 15.2. The van der Waals surface area contributed by atoms with Crippen molar-refractivity contribution < 1.29 is 48.2 Å². The molecule has 0 saturated carbocycles. The number of hydrogen-bond donors (Lipinski definition) is 0. The molecule has 450 valence electrons. The Morgan fingerprint density at radius 3 is 0.416 bits per heavy atom. The molecule has 0 bridgehead atoms. The zero-order chi connectivity index (χ0) is 61.1. The molecule has 0 saturated heterocycles. The largest absolute Gasteiger partial charge is 0.530 e. The molecule has 17 heteroatoms. The summed E-state index contributed by atoms with van der Waals surface area (Å²) in [5, 5.41) is 11.9. The van der Waals surface area contributed by atoms with Crippen LogP contribution in [0.4, 0.5) is 0 Å². The summed E-state index contributed by atoms with van der Waals surface area (Å²) >= 11 is 36.1. The standard InChI is InChI=1S/2C18H12Cl3P.2C18H15O3P.Pt/c2*19-13-1-7-16(8-2-13)22(17-9-3-14(20)4-10-17)18-11-5-15(21)6-12-18;2*1-4-10-16(11-5-1)19-22(20-17-12-6-2-7-13-17)21-18-14-8-3-9-15-18;/h2*1-12H;2*1-15H;. The third-order valence-corrected chi connectivity index (χ3v) is 20.6. The molecule has 0 amide bonds. The molecule has 0 spiro atoms. The van der Waals surface area contributed by atoms with Crippen LogP contribution in [0.5, 0.6) is 34.5 Å². The maximum atomic E-state index is 6.02. The maximum absolute atomic E-state index is 6.02. The second-order valence-corrected chi connectivity index (χ2v) is 27.5. The third-order valence-electron chi connectivity index (χ3n) is 12.0. The maximum Gasteiger partial charge on any atom is 0.530 e. The van der Waals surface area contributed by atoms with Gasteiger partial charge in [-0.15, -0.1) is 0 Å². The van der Waals surface area contributed by atoms with Gasteiger partial charge < -0.3 is 27.1 Å². The van der Waals surface area contributed by atoms with Crippen molar-refractivity contribution in [3.05, 3.63) is 358 Å². The van der Waals surface area contributed by atoms with Crippen LogP contribution < -0.4 is 59.0 Å². The van der Waals surface area contributed by atoms with Crippen LogP contribution in [0, 0.1) is 0 Å². The summed E-state index contributed by atoms with van der Waals surface area (Å²) in [6.45, 7) is 0. The summed E-state index contributed by atoms with van der Waals surface area (Å²) in [5.41, 5.74) is 0. The first kappa shape index (κ1) is 68.5. The fraction of sp³-hybridized carbons (Fsp3) is 0. The van der Waals surface area contributed by atoms with E-state index in [1.165, 1.54) is 31.8 Å². The molecule has 0 aliphatic heterocycles. The first-order valence-electron chi connectivity index (χ1n) is 27.2. The Morgan fingerprint density at radius 2 is 0.292 bits per heavy atom. The zero-order valence-corrected chi connectivity index (χ0v) is 57.4. The summed E-state index contributed by atoms with van der Waals surface area (Å²) < 4.78 is 35.1. The molecule has 6 nitrogen and oxygen atoms in total. The van der Waals surface area contributed by atoms with E-state index in [1.807, 2.05) is 255 Å². The first-order valence-corrected chi connectivity index (χ1v) is 34.3. The van der Waals surface area contributed by atoms with E-state index in [0.717, 1.165) is 30.1 Å². The van der Waals surface area contributed by atoms with Gasteiger partial charge in [0.25, 0.3) is 0 Å². The van der Waals surface area contributed by atoms with Gasteiger partial charge in [-0.1, -0.05) is 252 Å². The summed E-state index contributed by atoms with van der Waals surface area (Å²) in [7, 11) is -4.50. The van der Waals surface area contributed by atoms with E-state index in [0.29, 0.717) is 34.5 Å². The number of halogens is 6. The Balaban J connectivity index is 0.000000153. The molecule has 12 aromatic carbocycles. The Hall–Kier alpha value is -6.41. The third kappa shape index (κ3) is 23.1. The van der Waals surface area contributed by atoms with Gasteiger partial charge in [-0.05, 0) is 193 Å². The van der Waals surface area contributed by atoms with Gasteiger partial charge in [0.05, 0.1) is 0 Å². The molecule has 0 heterocycles. The minimum Gasteiger partial charge on any atom is -0.409 e. The van der Waals surface area contributed by atoms with Gasteiger partial charge in [0.15, 0.2) is 0 Å². The van der Waals surface area contributed by atoms with E-state index in [9.17, 15) is 0 Å². The Bertz CT molecular complexity index is 3240. The SMILES string of the molecule is Clc1ccc(P(c2ccc(Cl)cc2)c2ccc(Cl)cc2)cc1.Clc1ccc(P(c2ccc(Cl)cc2)c2ccc(Cl)cc2)cc1.[Pt].c1ccc(OP(Oc2ccccc2)Oc2ccccc2)cc1.c1ccc(OP(Oc2ccccc2)Oc2ccccc2)cc1. The predicted octanol–water partition coefficient (Wildman–Crippen LogP) is 21.7. The molecule has 12 rings (SSSR count). The summed E-state index contributed by atoms with van der Waals surface area (Å²) in [4.78, 5) is 0. The minimum absolute atomic E-state index is 0. The Morgan fingerprint density at radius 1 is 0.169 bits per heavy atom. The molecule has 0 radical (unpaired) electrons. The zero-order valence-electron chi connectivity index (χ0n) is 47.0. The molecule has 0 aliphatic rings. The van der Waals surface area contributed by atoms with Crippen molar-refractivity contribution in [2.75, 3.05) is 0 Å². The fourth-order valence-electron chi connectivity index (χ4n) is 7.95. The van der Waals surface area contributed by atoms with Crippen molar-refractivity contribution in [3.8, 4) is 34.5 Å². The summed E-state index contributed by atoms with van der Waals surface area (Å²) in [5.74, 6) is 4.25. The van der Waals surface area contributed by atoms with Gasteiger partial charge in [0, 0.05) is 51.2 Å². The second-order valence-electron chi connectivity index (χ2n) is 18.4. The van der Waals surface area contributed by atoms with E-state index < -0.39 is 33.0 Å². The quantitative estimate of drug-likeness (QED) is 0.0798. The second kappa shape index (κ2) is 37.1. The van der Waals surface area contributed by atoms with Crippen molar-refractivity contribution in [2.24, 2.45) is 0 Å². The Kier molecular flexibility index (Phi) is 28.5. The number of hydrogen-bond acceptors (Lipinski definition) is 6. The molecular formula is C72H54Cl6O6P4Pt. The van der Waals surface area contributed by atoms with E-state index in [2.05, 4.69) is 72.8 Å². The summed E-state index contributed by atoms with van der Waals surface area (Å²) in [6.07, 6.45) is 0. The van der Waals surface area contributed by atoms with Gasteiger partial charge >= 0.3 is 17.2 Å². The van der Waals surface area contributed by atoms with E-state index in [4.69, 9.17) is 96.7 Å². The topological polar surface area (TPSA) is 55.4 Å². The molecule has 0 fully saturated rings. The summed E-state index contributed by atoms with van der Waals surface area (Å²) in [6, 6.07) is 105. The van der Waals surface area contributed by atoms with Crippen LogP contribution in [0.25, 0.3) is 0 Å². The Labute approximate surface area is 569 Å². The normalized spacial score (nSPS) is 10.4. The van der Waals surface area contributed by atoms with E-state index in [-0.39, 0.29) is 21.1 Å². The average Bonchev–Trinajstić information content (AvgIpc) is 2.91. The van der Waals surface area contributed by atoms with Gasteiger partial charge in [-0.3, -0.25) is 0 Å². The van der Waals surface area contributed by atoms with Gasteiger partial charge in [0.2, 0.25) is 0 Å². The predicted molar refractivity (Wildman–Crippen MR) is 377 cm³/mol. The van der Waals surface area contributed by atoms with Crippen LogP contribution in [0.15, 0.2) is 328 Å². The van der Waals surface area contributed by atoms with Crippen LogP contribution in [0.1, 0.15) is 0 Å². The van der Waals surface area contributed by atoms with Crippen molar-refractivity contribution in [1.82, 2.24) is 0 Å². The van der Waals surface area contributed by atoms with Crippen molar-refractivity contribution in [2.45, 2.75) is 0 Å². The molecular weight excluding hydrogens is 1490 g/mol. The smallest absolute Gasteiger partial charge is 0.409 e.